The van der Waals surface area contributed by atoms with Crippen molar-refractivity contribution < 1.29 is 0 Å². The van der Waals surface area contributed by atoms with E-state index in [2.05, 4.69) is 234 Å². The smallest absolute Gasteiger partial charge is 0.0412 e. The van der Waals surface area contributed by atoms with Gasteiger partial charge >= 0.3 is 0 Å². The molecular formula is C60H42. The number of rotatable bonds is 0. The van der Waals surface area contributed by atoms with E-state index in [0.717, 1.165) is 33.4 Å². The molecule has 0 N–H and O–H groups in total. The van der Waals surface area contributed by atoms with Crippen molar-refractivity contribution in [3.8, 4) is 47.4 Å². The molecule has 0 aliphatic heterocycles. The van der Waals surface area contributed by atoms with Crippen molar-refractivity contribution in [2.24, 2.45) is 0 Å². The molecule has 282 valence electrons. The molecule has 0 nitrogen and oxygen atoms in total. The fraction of sp³-hybridized carbons (Fsp3) is 0.133. The highest BCUT2D eigenvalue weighted by Crippen LogP contribution is 2.37. The highest BCUT2D eigenvalue weighted by Gasteiger charge is 2.17. The molecule has 60 heavy (non-hydrogen) atoms. The van der Waals surface area contributed by atoms with Crippen LogP contribution in [0.3, 0.4) is 0 Å². The predicted molar refractivity (Wildman–Crippen MR) is 256 cm³/mol. The van der Waals surface area contributed by atoms with E-state index in [1.807, 2.05) is 0 Å². The molecule has 0 bridgehead atoms. The number of hydrogen-bond donors (Lipinski definition) is 0. The van der Waals surface area contributed by atoms with Gasteiger partial charge < -0.3 is 0 Å². The molecule has 0 aliphatic carbocycles. The third-order valence-corrected chi connectivity index (χ3v) is 11.9. The monoisotopic (exact) mass is 762 g/mol. The Bertz CT molecular complexity index is 3350. The van der Waals surface area contributed by atoms with Gasteiger partial charge in [0.25, 0.3) is 0 Å². The molecule has 0 saturated heterocycles. The minimum Gasteiger partial charge on any atom is -0.0610 e. The van der Waals surface area contributed by atoms with Crippen LogP contribution in [0.4, 0.5) is 0 Å². The molecule has 0 aromatic heterocycles. The van der Waals surface area contributed by atoms with Crippen LogP contribution >= 0.6 is 0 Å². The lowest BCUT2D eigenvalue weighted by atomic mass is 9.85. The molecule has 0 unspecified atom stereocenters. The first-order chi connectivity index (χ1) is 29.0. The largest absolute Gasteiger partial charge is 0.0610 e. The topological polar surface area (TPSA) is 0 Å². The van der Waals surface area contributed by atoms with Gasteiger partial charge in [0.05, 0.1) is 0 Å². The second kappa shape index (κ2) is 14.1. The fourth-order valence-corrected chi connectivity index (χ4v) is 8.60. The average Bonchev–Trinajstić information content (AvgIpc) is 3.25. The highest BCUT2D eigenvalue weighted by atomic mass is 14.2. The molecule has 0 atom stereocenters. The summed E-state index contributed by atoms with van der Waals surface area (Å²) in [5, 5.41) is 14.9. The van der Waals surface area contributed by atoms with Crippen LogP contribution in [-0.4, -0.2) is 0 Å². The lowest BCUT2D eigenvalue weighted by molar-refractivity contribution is 0.590. The van der Waals surface area contributed by atoms with Crippen molar-refractivity contribution in [1.29, 1.82) is 0 Å². The van der Waals surface area contributed by atoms with Crippen molar-refractivity contribution >= 4 is 64.6 Å². The standard InChI is InChI=1S/C60H42/c1-59(2,3)51-33-29-39(49(37-51)27-19-41-17-21-47-25-23-43-13-9-15-45-31-35-53(41)57(47)55(43)45)11-7-8-12-40-30-34-52(60(4,5)6)38-50(40)28-20-42-18-22-48-26-24-44-14-10-16-46-32-36-54(42)58(48)56(44)46/h9-10,13-18,21-26,29-38H,1-6H3. The first-order valence-corrected chi connectivity index (χ1v) is 20.7. The number of benzene rings is 10. The molecule has 0 fully saturated rings. The van der Waals surface area contributed by atoms with Crippen molar-refractivity contribution in [1.82, 2.24) is 0 Å². The van der Waals surface area contributed by atoms with Crippen LogP contribution in [0.2, 0.25) is 0 Å². The molecule has 0 radical (unpaired) electrons. The van der Waals surface area contributed by atoms with Crippen molar-refractivity contribution in [3.63, 3.8) is 0 Å². The molecule has 0 heterocycles. The lowest BCUT2D eigenvalue weighted by Gasteiger charge is -2.19. The van der Waals surface area contributed by atoms with Gasteiger partial charge in [-0.05, 0) is 135 Å². The van der Waals surface area contributed by atoms with Crippen LogP contribution in [0, 0.1) is 47.4 Å². The third-order valence-electron chi connectivity index (χ3n) is 11.9. The molecule has 0 saturated carbocycles. The Morgan fingerprint density at radius 2 is 0.600 bits per heavy atom. The summed E-state index contributed by atoms with van der Waals surface area (Å²) >= 11 is 0. The quantitative estimate of drug-likeness (QED) is 0.107. The van der Waals surface area contributed by atoms with Gasteiger partial charge in [0.2, 0.25) is 0 Å². The summed E-state index contributed by atoms with van der Waals surface area (Å²) in [4.78, 5) is 0. The van der Waals surface area contributed by atoms with E-state index in [9.17, 15) is 0 Å². The first kappa shape index (κ1) is 36.8. The molecule has 0 spiro atoms. The van der Waals surface area contributed by atoms with Gasteiger partial charge in [-0.2, -0.15) is 0 Å². The first-order valence-electron chi connectivity index (χ1n) is 20.7. The van der Waals surface area contributed by atoms with Crippen LogP contribution in [0.25, 0.3) is 64.6 Å². The SMILES string of the molecule is CC(C)(C)c1ccc(C#CC#Cc2ccc(C(C)(C)C)cc2C#Cc2ccc3ccc4cccc5ccc2c3c45)c(C#Cc2ccc3ccc4cccc5ccc2c3c45)c1. The van der Waals surface area contributed by atoms with E-state index in [1.54, 1.807) is 0 Å². The van der Waals surface area contributed by atoms with Gasteiger partial charge in [0.1, 0.15) is 0 Å². The summed E-state index contributed by atoms with van der Waals surface area (Å²) < 4.78 is 0. The van der Waals surface area contributed by atoms with E-state index in [4.69, 9.17) is 0 Å². The minimum atomic E-state index is -0.0383. The zero-order valence-electron chi connectivity index (χ0n) is 34.9. The molecule has 0 aliphatic rings. The predicted octanol–water partition coefficient (Wildman–Crippen LogP) is 14.3. The second-order valence-corrected chi connectivity index (χ2v) is 18.0. The van der Waals surface area contributed by atoms with E-state index in [-0.39, 0.29) is 10.8 Å². The molecular weight excluding hydrogens is 721 g/mol. The van der Waals surface area contributed by atoms with Crippen molar-refractivity contribution in [2.75, 3.05) is 0 Å². The molecule has 10 aromatic carbocycles. The number of hydrogen-bond acceptors (Lipinski definition) is 0. The lowest BCUT2D eigenvalue weighted by Crippen LogP contribution is -2.11. The second-order valence-electron chi connectivity index (χ2n) is 18.0. The summed E-state index contributed by atoms with van der Waals surface area (Å²) in [5.74, 6) is 27.3. The molecule has 10 rings (SSSR count). The fourth-order valence-electron chi connectivity index (χ4n) is 8.60. The Kier molecular flexibility index (Phi) is 8.66. The van der Waals surface area contributed by atoms with Crippen LogP contribution in [0.15, 0.2) is 146 Å². The summed E-state index contributed by atoms with van der Waals surface area (Å²) in [6, 6.07) is 52.3. The summed E-state index contributed by atoms with van der Waals surface area (Å²) in [6.07, 6.45) is 0. The molecule has 10 aromatic rings. The third kappa shape index (κ3) is 6.55. The van der Waals surface area contributed by atoms with Gasteiger partial charge in [-0.1, -0.05) is 186 Å². The van der Waals surface area contributed by atoms with E-state index in [0.29, 0.717) is 0 Å². The van der Waals surface area contributed by atoms with Crippen molar-refractivity contribution in [2.45, 2.75) is 52.4 Å². The van der Waals surface area contributed by atoms with E-state index in [1.165, 1.54) is 75.8 Å². The minimum absolute atomic E-state index is 0.0383. The van der Waals surface area contributed by atoms with Gasteiger partial charge in [-0.15, -0.1) is 0 Å². The van der Waals surface area contributed by atoms with Gasteiger partial charge in [0, 0.05) is 33.4 Å². The van der Waals surface area contributed by atoms with Gasteiger partial charge in [0.15, 0.2) is 0 Å². The Labute approximate surface area is 352 Å². The maximum Gasteiger partial charge on any atom is 0.0412 e. The average molecular weight is 763 g/mol. The van der Waals surface area contributed by atoms with Gasteiger partial charge in [-0.3, -0.25) is 0 Å². The maximum absolute atomic E-state index is 3.56. The van der Waals surface area contributed by atoms with Crippen LogP contribution in [-0.2, 0) is 10.8 Å². The van der Waals surface area contributed by atoms with E-state index < -0.39 is 0 Å². The molecule has 0 heteroatoms. The van der Waals surface area contributed by atoms with E-state index >= 15 is 0 Å². The maximum atomic E-state index is 3.56. The summed E-state index contributed by atoms with van der Waals surface area (Å²) in [7, 11) is 0. The molecule has 0 amide bonds. The van der Waals surface area contributed by atoms with Crippen molar-refractivity contribution in [3.05, 3.63) is 190 Å². The Morgan fingerprint density at radius 1 is 0.283 bits per heavy atom. The Morgan fingerprint density at radius 3 is 0.983 bits per heavy atom. The zero-order valence-corrected chi connectivity index (χ0v) is 34.9. The summed E-state index contributed by atoms with van der Waals surface area (Å²) in [5.41, 5.74) is 7.89. The van der Waals surface area contributed by atoms with Crippen LogP contribution < -0.4 is 0 Å². The Balaban J connectivity index is 1.03. The normalized spacial score (nSPS) is 11.6. The highest BCUT2D eigenvalue weighted by molar-refractivity contribution is 6.25. The Hall–Kier alpha value is -7.48. The summed E-state index contributed by atoms with van der Waals surface area (Å²) in [6.45, 7) is 13.4. The van der Waals surface area contributed by atoms with Crippen LogP contribution in [0.5, 0.6) is 0 Å². The zero-order chi connectivity index (χ0) is 41.2. The van der Waals surface area contributed by atoms with Crippen LogP contribution in [0.1, 0.15) is 86.1 Å². The van der Waals surface area contributed by atoms with Gasteiger partial charge in [-0.25, -0.2) is 0 Å².